The van der Waals surface area contributed by atoms with Crippen molar-refractivity contribution in [1.82, 2.24) is 0 Å². The highest BCUT2D eigenvalue weighted by molar-refractivity contribution is 8.03. The zero-order valence-corrected chi connectivity index (χ0v) is 10.3. The van der Waals surface area contributed by atoms with E-state index in [-0.39, 0.29) is 18.3 Å². The van der Waals surface area contributed by atoms with Crippen LogP contribution in [0.15, 0.2) is 0 Å². The molecule has 0 radical (unpaired) electrons. The van der Waals surface area contributed by atoms with Gasteiger partial charge >= 0.3 is 0 Å². The second-order valence-electron chi connectivity index (χ2n) is 4.25. The number of thiocyanates is 1. The highest BCUT2D eigenvalue weighted by Crippen LogP contribution is 2.39. The normalized spacial score (nSPS) is 40.6. The molecule has 90 valence electrons. The zero-order valence-electron chi connectivity index (χ0n) is 9.50. The minimum Gasteiger partial charge on any atom is -0.353 e. The summed E-state index contributed by atoms with van der Waals surface area (Å²) in [6, 6.07) is 0. The lowest BCUT2D eigenvalue weighted by atomic mass is 10.2. The van der Waals surface area contributed by atoms with Gasteiger partial charge in [-0.1, -0.05) is 0 Å². The number of methoxy groups -OCH3 is 1. The summed E-state index contributed by atoms with van der Waals surface area (Å²) in [5.74, 6) is -0.0393. The predicted molar refractivity (Wildman–Crippen MR) is 57.6 cm³/mol. The van der Waals surface area contributed by atoms with Gasteiger partial charge in [-0.15, -0.1) is 0 Å². The van der Waals surface area contributed by atoms with Crippen LogP contribution in [0.1, 0.15) is 13.8 Å². The quantitative estimate of drug-likeness (QED) is 0.694. The molecule has 0 bridgehead atoms. The first-order valence-electron chi connectivity index (χ1n) is 5.12. The first-order chi connectivity index (χ1) is 7.57. The van der Waals surface area contributed by atoms with Crippen LogP contribution in [0.3, 0.4) is 0 Å². The van der Waals surface area contributed by atoms with Gasteiger partial charge in [0.1, 0.15) is 17.6 Å². The zero-order chi connectivity index (χ0) is 11.8. The molecule has 2 aliphatic heterocycles. The maximum Gasteiger partial charge on any atom is 0.186 e. The summed E-state index contributed by atoms with van der Waals surface area (Å²) in [6.45, 7) is 3.74. The number of ether oxygens (including phenoxy) is 4. The van der Waals surface area contributed by atoms with Gasteiger partial charge in [-0.2, -0.15) is 5.26 Å². The monoisotopic (exact) mass is 245 g/mol. The van der Waals surface area contributed by atoms with Crippen molar-refractivity contribution in [2.24, 2.45) is 0 Å². The van der Waals surface area contributed by atoms with Gasteiger partial charge in [-0.05, 0) is 25.6 Å². The average molecular weight is 245 g/mol. The molecule has 2 saturated heterocycles. The number of rotatable bonds is 3. The van der Waals surface area contributed by atoms with Crippen LogP contribution in [-0.2, 0) is 18.9 Å². The van der Waals surface area contributed by atoms with Gasteiger partial charge in [0, 0.05) is 12.9 Å². The van der Waals surface area contributed by atoms with Crippen LogP contribution < -0.4 is 0 Å². The van der Waals surface area contributed by atoms with E-state index in [0.717, 1.165) is 11.8 Å². The second-order valence-corrected chi connectivity index (χ2v) is 5.05. The van der Waals surface area contributed by atoms with E-state index in [1.54, 1.807) is 7.11 Å². The molecule has 2 heterocycles. The third kappa shape index (κ3) is 2.19. The van der Waals surface area contributed by atoms with Gasteiger partial charge in [0.05, 0.1) is 6.10 Å². The Labute approximate surface area is 99.0 Å². The van der Waals surface area contributed by atoms with Crippen molar-refractivity contribution in [3.05, 3.63) is 0 Å². The molecule has 0 aliphatic carbocycles. The third-order valence-electron chi connectivity index (χ3n) is 2.65. The van der Waals surface area contributed by atoms with Crippen LogP contribution in [0.25, 0.3) is 0 Å². The molecule has 0 aromatic carbocycles. The van der Waals surface area contributed by atoms with E-state index >= 15 is 0 Å². The number of hydrogen-bond acceptors (Lipinski definition) is 6. The summed E-state index contributed by atoms with van der Waals surface area (Å²) < 4.78 is 22.3. The number of fused-ring (bicyclic) bond motifs is 1. The molecule has 16 heavy (non-hydrogen) atoms. The number of nitriles is 1. The van der Waals surface area contributed by atoms with Gasteiger partial charge in [-0.25, -0.2) is 0 Å². The van der Waals surface area contributed by atoms with Crippen LogP contribution in [0.2, 0.25) is 0 Å². The molecule has 2 rings (SSSR count). The van der Waals surface area contributed by atoms with E-state index in [2.05, 4.69) is 0 Å². The molecule has 2 fully saturated rings. The average Bonchev–Trinajstić information content (AvgIpc) is 2.69. The summed E-state index contributed by atoms with van der Waals surface area (Å²) in [4.78, 5) is 0. The maximum atomic E-state index is 8.55. The van der Waals surface area contributed by atoms with Crippen molar-refractivity contribution in [1.29, 1.82) is 5.26 Å². The predicted octanol–water partition coefficient (Wildman–Crippen LogP) is 1.09. The van der Waals surface area contributed by atoms with Crippen molar-refractivity contribution in [3.8, 4) is 5.40 Å². The molecular weight excluding hydrogens is 230 g/mol. The standard InChI is InChI=1S/C10H15NO4S/c1-10(2)14-7-6(4-16-5-11)13-9(12-3)8(7)15-10/h6-9H,4H2,1-3H3/t6-,7-,8-,9-/m1/s1. The molecule has 0 aromatic heterocycles. The van der Waals surface area contributed by atoms with E-state index in [0.29, 0.717) is 5.75 Å². The van der Waals surface area contributed by atoms with Gasteiger partial charge in [0.15, 0.2) is 12.1 Å². The number of thioether (sulfide) groups is 1. The highest BCUT2D eigenvalue weighted by atomic mass is 32.2. The molecule has 0 saturated carbocycles. The van der Waals surface area contributed by atoms with Crippen molar-refractivity contribution < 1.29 is 18.9 Å². The second kappa shape index (κ2) is 4.51. The van der Waals surface area contributed by atoms with E-state index in [1.165, 1.54) is 0 Å². The summed E-state index contributed by atoms with van der Waals surface area (Å²) in [7, 11) is 1.58. The molecular formula is C10H15NO4S. The van der Waals surface area contributed by atoms with Crippen molar-refractivity contribution in [3.63, 3.8) is 0 Å². The van der Waals surface area contributed by atoms with Gasteiger partial charge < -0.3 is 18.9 Å². The van der Waals surface area contributed by atoms with Gasteiger partial charge in [-0.3, -0.25) is 0 Å². The Balaban J connectivity index is 2.05. The molecule has 0 amide bonds. The highest BCUT2D eigenvalue weighted by Gasteiger charge is 2.55. The van der Waals surface area contributed by atoms with Crippen molar-refractivity contribution in [2.45, 2.75) is 44.2 Å². The third-order valence-corrected chi connectivity index (χ3v) is 3.28. The Morgan fingerprint density at radius 3 is 2.69 bits per heavy atom. The number of hydrogen-bond donors (Lipinski definition) is 0. The van der Waals surface area contributed by atoms with Gasteiger partial charge in [0.2, 0.25) is 0 Å². The van der Waals surface area contributed by atoms with Crippen molar-refractivity contribution >= 4 is 11.8 Å². The largest absolute Gasteiger partial charge is 0.353 e. The first-order valence-corrected chi connectivity index (χ1v) is 6.11. The van der Waals surface area contributed by atoms with E-state index in [4.69, 9.17) is 24.2 Å². The molecule has 2 aliphatic rings. The Morgan fingerprint density at radius 2 is 2.06 bits per heavy atom. The lowest BCUT2D eigenvalue weighted by Gasteiger charge is -2.23. The van der Waals surface area contributed by atoms with Crippen molar-refractivity contribution in [2.75, 3.05) is 12.9 Å². The van der Waals surface area contributed by atoms with E-state index < -0.39 is 12.1 Å². The van der Waals surface area contributed by atoms with Crippen LogP contribution in [0, 0.1) is 10.7 Å². The summed E-state index contributed by atoms with van der Waals surface area (Å²) in [5.41, 5.74) is 0. The summed E-state index contributed by atoms with van der Waals surface area (Å²) >= 11 is 1.16. The minimum absolute atomic E-state index is 0.152. The van der Waals surface area contributed by atoms with Crippen LogP contribution in [0.4, 0.5) is 0 Å². The Hall–Kier alpha value is -0.320. The fourth-order valence-electron chi connectivity index (χ4n) is 2.09. The molecule has 5 nitrogen and oxygen atoms in total. The Morgan fingerprint density at radius 1 is 1.38 bits per heavy atom. The van der Waals surface area contributed by atoms with Crippen LogP contribution >= 0.6 is 11.8 Å². The lowest BCUT2D eigenvalue weighted by molar-refractivity contribution is -0.224. The van der Waals surface area contributed by atoms with Crippen LogP contribution in [0.5, 0.6) is 0 Å². The maximum absolute atomic E-state index is 8.55. The summed E-state index contributed by atoms with van der Waals surface area (Å²) in [5, 5.41) is 10.6. The number of nitrogens with zero attached hydrogens (tertiary/aromatic N) is 1. The van der Waals surface area contributed by atoms with E-state index in [9.17, 15) is 0 Å². The molecule has 4 atom stereocenters. The Kier molecular flexibility index (Phi) is 3.42. The summed E-state index contributed by atoms with van der Waals surface area (Å²) in [6.07, 6.45) is -0.914. The Bertz CT molecular complexity index is 304. The molecule has 6 heteroatoms. The smallest absolute Gasteiger partial charge is 0.186 e. The SMILES string of the molecule is CO[C@@H]1O[C@H](CSC#N)[C@H]2OC(C)(C)O[C@@H]12. The van der Waals surface area contributed by atoms with E-state index in [1.807, 2.05) is 19.2 Å². The first kappa shape index (κ1) is 12.1. The fraction of sp³-hybridized carbons (Fsp3) is 0.900. The van der Waals surface area contributed by atoms with Gasteiger partial charge in [0.25, 0.3) is 0 Å². The minimum atomic E-state index is -0.606. The fourth-order valence-corrected chi connectivity index (χ4v) is 2.59. The topological polar surface area (TPSA) is 60.7 Å². The molecule has 0 spiro atoms. The molecule has 0 unspecified atom stereocenters. The van der Waals surface area contributed by atoms with Crippen LogP contribution in [-0.4, -0.2) is 43.3 Å². The molecule has 0 N–H and O–H groups in total. The lowest BCUT2D eigenvalue weighted by Crippen LogP contribution is -2.31. The molecule has 0 aromatic rings.